The fourth-order valence-electron chi connectivity index (χ4n) is 2.28. The minimum absolute atomic E-state index is 0.107. The number of hydrogen-bond acceptors (Lipinski definition) is 5. The van der Waals surface area contributed by atoms with Crippen molar-refractivity contribution in [2.75, 3.05) is 0 Å². The Hall–Kier alpha value is -2.64. The van der Waals surface area contributed by atoms with Crippen LogP contribution in [0.15, 0.2) is 41.2 Å². The fraction of sp³-hybridized carbons (Fsp3) is 0.0556. The van der Waals surface area contributed by atoms with Crippen molar-refractivity contribution >= 4 is 45.9 Å². The highest BCUT2D eigenvalue weighted by molar-refractivity contribution is 7.13. The fourth-order valence-corrected chi connectivity index (χ4v) is 4.41. The first kappa shape index (κ1) is 17.2. The zero-order valence-corrected chi connectivity index (χ0v) is 15.4. The summed E-state index contributed by atoms with van der Waals surface area (Å²) in [5.74, 6) is 0. The molecule has 0 aliphatic rings. The zero-order valence-electron chi connectivity index (χ0n) is 13.0. The van der Waals surface area contributed by atoms with Crippen molar-refractivity contribution in [3.8, 4) is 17.8 Å². The van der Waals surface area contributed by atoms with Crippen molar-refractivity contribution in [1.82, 2.24) is 4.57 Å². The minimum Gasteiger partial charge on any atom is -0.267 e. The Labute approximate surface area is 156 Å². The van der Waals surface area contributed by atoms with Gasteiger partial charge in [0.1, 0.15) is 16.8 Å². The predicted molar refractivity (Wildman–Crippen MR) is 101 cm³/mol. The van der Waals surface area contributed by atoms with Gasteiger partial charge in [-0.2, -0.15) is 10.5 Å². The predicted octanol–water partition coefficient (Wildman–Crippen LogP) is 2.95. The maximum Gasteiger partial charge on any atom is 0.273 e. The van der Waals surface area contributed by atoms with Gasteiger partial charge in [0.25, 0.3) is 5.56 Å². The Morgan fingerprint density at radius 3 is 2.56 bits per heavy atom. The summed E-state index contributed by atoms with van der Waals surface area (Å²) >= 11 is 8.73. The van der Waals surface area contributed by atoms with Crippen molar-refractivity contribution in [2.45, 2.75) is 6.92 Å². The molecule has 0 aliphatic heterocycles. The first-order valence-electron chi connectivity index (χ1n) is 7.14. The molecule has 0 radical (unpaired) electrons. The van der Waals surface area contributed by atoms with Crippen molar-refractivity contribution in [3.63, 3.8) is 0 Å². The van der Waals surface area contributed by atoms with Crippen molar-refractivity contribution in [2.24, 2.45) is 0 Å². The Kier molecular flexibility index (Phi) is 4.87. The highest BCUT2D eigenvalue weighted by atomic mass is 35.5. The number of aromatic nitrogens is 1. The molecule has 3 aromatic rings. The van der Waals surface area contributed by atoms with E-state index in [-0.39, 0.29) is 11.1 Å². The third-order valence-corrected chi connectivity index (χ3v) is 5.64. The van der Waals surface area contributed by atoms with Crippen LogP contribution >= 0.6 is 34.3 Å². The van der Waals surface area contributed by atoms with E-state index in [2.05, 4.69) is 0 Å². The molecule has 4 nitrogen and oxygen atoms in total. The number of rotatable bonds is 2. The molecule has 0 fully saturated rings. The van der Waals surface area contributed by atoms with Gasteiger partial charge in [0.2, 0.25) is 0 Å². The van der Waals surface area contributed by atoms with E-state index >= 15 is 0 Å². The Balaban J connectivity index is 2.41. The van der Waals surface area contributed by atoms with Crippen LogP contribution in [0, 0.1) is 29.6 Å². The number of benzene rings is 1. The summed E-state index contributed by atoms with van der Waals surface area (Å²) in [7, 11) is 0. The maximum absolute atomic E-state index is 12.9. The second-order valence-corrected chi connectivity index (χ2v) is 7.87. The van der Waals surface area contributed by atoms with Crippen LogP contribution in [0.1, 0.15) is 9.75 Å². The maximum atomic E-state index is 12.9. The van der Waals surface area contributed by atoms with Crippen LogP contribution in [0.3, 0.4) is 0 Å². The Morgan fingerprint density at radius 2 is 1.96 bits per heavy atom. The van der Waals surface area contributed by atoms with Crippen LogP contribution in [0.4, 0.5) is 0 Å². The van der Waals surface area contributed by atoms with Crippen LogP contribution < -0.4 is 14.8 Å². The molecule has 0 amide bonds. The molecule has 2 heterocycles. The van der Waals surface area contributed by atoms with E-state index in [1.165, 1.54) is 4.57 Å². The summed E-state index contributed by atoms with van der Waals surface area (Å²) in [6, 6.07) is 14.4. The van der Waals surface area contributed by atoms with Gasteiger partial charge in [0.15, 0.2) is 5.57 Å². The van der Waals surface area contributed by atoms with Gasteiger partial charge in [-0.1, -0.05) is 17.7 Å². The van der Waals surface area contributed by atoms with Crippen LogP contribution in [0.5, 0.6) is 0 Å². The van der Waals surface area contributed by atoms with Crippen LogP contribution in [0.25, 0.3) is 17.3 Å². The van der Waals surface area contributed by atoms with Crippen LogP contribution in [-0.2, 0) is 0 Å². The van der Waals surface area contributed by atoms with E-state index in [0.29, 0.717) is 19.9 Å². The second-order valence-electron chi connectivity index (χ2n) is 5.08. The zero-order chi connectivity index (χ0) is 18.0. The van der Waals surface area contributed by atoms with E-state index in [1.807, 2.05) is 31.2 Å². The van der Waals surface area contributed by atoms with Crippen LogP contribution in [0.2, 0.25) is 5.02 Å². The number of nitrogens with zero attached hydrogens (tertiary/aromatic N) is 3. The molecule has 0 saturated carbocycles. The van der Waals surface area contributed by atoms with E-state index < -0.39 is 0 Å². The number of halogens is 1. The molecule has 2 aromatic heterocycles. The van der Waals surface area contributed by atoms with Gasteiger partial charge in [-0.05, 0) is 43.3 Å². The molecular weight excluding hydrogens is 374 g/mol. The lowest BCUT2D eigenvalue weighted by molar-refractivity contribution is 0.988. The molecule has 0 bridgehead atoms. The molecule has 0 atom stereocenters. The normalized spacial score (nSPS) is 11.1. The number of aryl methyl sites for hydroxylation is 1. The van der Waals surface area contributed by atoms with Gasteiger partial charge in [0, 0.05) is 14.8 Å². The number of thiazole rings is 1. The molecular formula is C18H10ClN3OS2. The van der Waals surface area contributed by atoms with E-state index in [9.17, 15) is 15.3 Å². The molecule has 3 rings (SSSR count). The molecule has 7 heteroatoms. The topological polar surface area (TPSA) is 69.6 Å². The Morgan fingerprint density at radius 1 is 1.20 bits per heavy atom. The van der Waals surface area contributed by atoms with Crippen LogP contribution in [-0.4, -0.2) is 4.57 Å². The largest absolute Gasteiger partial charge is 0.273 e. The quantitative estimate of drug-likeness (QED) is 0.683. The van der Waals surface area contributed by atoms with Gasteiger partial charge < -0.3 is 0 Å². The number of hydrogen-bond donors (Lipinski definition) is 0. The first-order valence-corrected chi connectivity index (χ1v) is 9.15. The third-order valence-electron chi connectivity index (χ3n) is 3.36. The molecule has 0 aliphatic carbocycles. The second kappa shape index (κ2) is 7.08. The average Bonchev–Trinajstić information content (AvgIpc) is 3.13. The van der Waals surface area contributed by atoms with Crippen molar-refractivity contribution < 1.29 is 0 Å². The van der Waals surface area contributed by atoms with Gasteiger partial charge in [-0.3, -0.25) is 9.36 Å². The van der Waals surface area contributed by atoms with Gasteiger partial charge >= 0.3 is 0 Å². The highest BCUT2D eigenvalue weighted by Gasteiger charge is 2.11. The summed E-state index contributed by atoms with van der Waals surface area (Å²) in [4.78, 5) is 15.0. The lowest BCUT2D eigenvalue weighted by Crippen LogP contribution is -2.30. The molecule has 0 N–H and O–H groups in total. The minimum atomic E-state index is -0.281. The van der Waals surface area contributed by atoms with E-state index in [4.69, 9.17) is 11.6 Å². The summed E-state index contributed by atoms with van der Waals surface area (Å²) in [5, 5.41) is 19.0. The standard InChI is InChI=1S/C18H10ClN3OS2/c1-11-5-6-15(24-11)8-16-17(23)22(14-4-2-3-13(19)7-14)18(25-16)12(9-20)10-21/h2-8H,1H3/b16-8-. The molecule has 0 unspecified atom stereocenters. The van der Waals surface area contributed by atoms with E-state index in [1.54, 1.807) is 41.7 Å². The first-order chi connectivity index (χ1) is 12.0. The smallest absolute Gasteiger partial charge is 0.267 e. The van der Waals surface area contributed by atoms with Gasteiger partial charge in [0.05, 0.1) is 10.2 Å². The SMILES string of the molecule is Cc1ccc(/C=c2\sc(=C(C#N)C#N)n(-c3cccc(Cl)c3)c2=O)s1. The lowest BCUT2D eigenvalue weighted by Gasteiger charge is -2.02. The third kappa shape index (κ3) is 3.42. The average molecular weight is 384 g/mol. The lowest BCUT2D eigenvalue weighted by atomic mass is 10.3. The summed E-state index contributed by atoms with van der Waals surface area (Å²) in [5.41, 5.74) is 0.133. The summed E-state index contributed by atoms with van der Waals surface area (Å²) in [6.45, 7) is 1.99. The summed E-state index contributed by atoms with van der Waals surface area (Å²) < 4.78 is 2.13. The molecule has 0 saturated heterocycles. The number of thiophene rings is 1. The molecule has 0 spiro atoms. The van der Waals surface area contributed by atoms with Crippen molar-refractivity contribution in [3.05, 3.63) is 70.7 Å². The number of nitriles is 2. The van der Waals surface area contributed by atoms with Gasteiger partial charge in [-0.15, -0.1) is 22.7 Å². The molecule has 25 heavy (non-hydrogen) atoms. The Bertz CT molecular complexity index is 1200. The van der Waals surface area contributed by atoms with Crippen molar-refractivity contribution in [1.29, 1.82) is 10.5 Å². The molecule has 122 valence electrons. The summed E-state index contributed by atoms with van der Waals surface area (Å²) in [6.07, 6.45) is 1.78. The highest BCUT2D eigenvalue weighted by Crippen LogP contribution is 2.16. The monoisotopic (exact) mass is 383 g/mol. The molecule has 1 aromatic carbocycles. The van der Waals surface area contributed by atoms with Gasteiger partial charge in [-0.25, -0.2) is 0 Å². The van der Waals surface area contributed by atoms with E-state index in [0.717, 1.165) is 21.1 Å².